The summed E-state index contributed by atoms with van der Waals surface area (Å²) >= 11 is 3.66. The van der Waals surface area contributed by atoms with Crippen LogP contribution in [0.5, 0.6) is 5.75 Å². The molecule has 4 heteroatoms. The first-order chi connectivity index (χ1) is 8.88. The third-order valence-corrected chi connectivity index (χ3v) is 4.19. The van der Waals surface area contributed by atoms with Crippen LogP contribution in [-0.2, 0) is 5.75 Å². The zero-order chi connectivity index (χ0) is 12.6. The minimum Gasteiger partial charge on any atom is -0.493 e. The van der Waals surface area contributed by atoms with Crippen molar-refractivity contribution >= 4 is 28.8 Å². The molecule has 0 saturated carbocycles. The van der Waals surface area contributed by atoms with Crippen LogP contribution in [0.1, 0.15) is 5.56 Å². The number of rotatable bonds is 7. The van der Waals surface area contributed by atoms with Crippen LogP contribution in [0, 0.1) is 0 Å². The summed E-state index contributed by atoms with van der Waals surface area (Å²) in [5, 5.41) is 7.42. The van der Waals surface area contributed by atoms with Crippen molar-refractivity contribution in [1.82, 2.24) is 0 Å². The van der Waals surface area contributed by atoms with E-state index in [0.29, 0.717) is 0 Å². The smallest absolute Gasteiger partial charge is 0.121 e. The molecule has 0 unspecified atom stereocenters. The van der Waals surface area contributed by atoms with Crippen LogP contribution >= 0.6 is 23.1 Å². The van der Waals surface area contributed by atoms with E-state index in [-0.39, 0.29) is 0 Å². The van der Waals surface area contributed by atoms with Gasteiger partial charge in [-0.3, -0.25) is 0 Å². The Morgan fingerprint density at radius 3 is 3.06 bits per heavy atom. The molecule has 0 atom stereocenters. The molecular formula is C14H17NOS2. The molecule has 1 N–H and O–H groups in total. The number of ether oxygens (including phenoxy) is 1. The first-order valence-corrected chi connectivity index (χ1v) is 7.97. The standard InChI is InChI=1S/C14H17NOS2/c1-15-13-3-2-4-14(9-13)16-6-8-18-11-12-5-7-17-10-12/h2-5,7,9-10,15H,6,8,11H2,1H3. The Labute approximate surface area is 116 Å². The molecule has 1 aromatic heterocycles. The van der Waals surface area contributed by atoms with Crippen molar-refractivity contribution in [3.63, 3.8) is 0 Å². The van der Waals surface area contributed by atoms with Crippen LogP contribution in [0.2, 0.25) is 0 Å². The van der Waals surface area contributed by atoms with E-state index in [9.17, 15) is 0 Å². The summed E-state index contributed by atoms with van der Waals surface area (Å²) in [7, 11) is 1.91. The quantitative estimate of drug-likeness (QED) is 0.771. The molecule has 1 heterocycles. The highest BCUT2D eigenvalue weighted by atomic mass is 32.2. The Morgan fingerprint density at radius 1 is 1.33 bits per heavy atom. The van der Waals surface area contributed by atoms with Crippen molar-refractivity contribution in [2.75, 3.05) is 24.7 Å². The zero-order valence-corrected chi connectivity index (χ0v) is 12.0. The Bertz CT molecular complexity index is 457. The van der Waals surface area contributed by atoms with Crippen LogP contribution in [0.15, 0.2) is 41.1 Å². The molecule has 0 aliphatic rings. The number of nitrogens with one attached hydrogen (secondary N) is 1. The van der Waals surface area contributed by atoms with Gasteiger partial charge in [0, 0.05) is 30.3 Å². The van der Waals surface area contributed by atoms with E-state index in [0.717, 1.165) is 29.5 Å². The van der Waals surface area contributed by atoms with Gasteiger partial charge < -0.3 is 10.1 Å². The van der Waals surface area contributed by atoms with Gasteiger partial charge in [0.1, 0.15) is 5.75 Å². The van der Waals surface area contributed by atoms with Crippen LogP contribution in [0.25, 0.3) is 0 Å². The molecule has 2 rings (SSSR count). The maximum absolute atomic E-state index is 5.71. The van der Waals surface area contributed by atoms with E-state index < -0.39 is 0 Å². The summed E-state index contributed by atoms with van der Waals surface area (Å²) in [5.74, 6) is 3.02. The van der Waals surface area contributed by atoms with Crippen molar-refractivity contribution in [1.29, 1.82) is 0 Å². The van der Waals surface area contributed by atoms with E-state index in [1.807, 2.05) is 43.1 Å². The van der Waals surface area contributed by atoms with E-state index in [2.05, 4.69) is 22.1 Å². The molecule has 0 amide bonds. The molecule has 0 aliphatic carbocycles. The Kier molecular flexibility index (Phi) is 5.42. The highest BCUT2D eigenvalue weighted by molar-refractivity contribution is 7.98. The second-order valence-corrected chi connectivity index (χ2v) is 5.70. The van der Waals surface area contributed by atoms with Crippen molar-refractivity contribution in [3.05, 3.63) is 46.7 Å². The van der Waals surface area contributed by atoms with Gasteiger partial charge in [0.2, 0.25) is 0 Å². The fraction of sp³-hybridized carbons (Fsp3) is 0.286. The normalized spacial score (nSPS) is 10.3. The lowest BCUT2D eigenvalue weighted by Crippen LogP contribution is -2.00. The Hall–Kier alpha value is -1.13. The predicted molar refractivity (Wildman–Crippen MR) is 82.0 cm³/mol. The summed E-state index contributed by atoms with van der Waals surface area (Å²) in [6, 6.07) is 10.2. The van der Waals surface area contributed by atoms with Gasteiger partial charge in [-0.1, -0.05) is 6.07 Å². The van der Waals surface area contributed by atoms with Gasteiger partial charge in [0.25, 0.3) is 0 Å². The number of benzene rings is 1. The molecule has 2 aromatic rings. The number of thioether (sulfide) groups is 1. The number of hydrogen-bond donors (Lipinski definition) is 1. The average molecular weight is 279 g/mol. The Balaban J connectivity index is 1.65. The second-order valence-electron chi connectivity index (χ2n) is 3.81. The van der Waals surface area contributed by atoms with Gasteiger partial charge in [0.15, 0.2) is 0 Å². The minimum atomic E-state index is 0.752. The largest absolute Gasteiger partial charge is 0.493 e. The third-order valence-electron chi connectivity index (χ3n) is 2.47. The fourth-order valence-corrected chi connectivity index (χ4v) is 3.06. The molecule has 1 aromatic carbocycles. The second kappa shape index (κ2) is 7.34. The Morgan fingerprint density at radius 2 is 2.28 bits per heavy atom. The average Bonchev–Trinajstić information content (AvgIpc) is 2.92. The molecule has 0 radical (unpaired) electrons. The molecule has 96 valence electrons. The molecule has 0 saturated heterocycles. The topological polar surface area (TPSA) is 21.3 Å². The van der Waals surface area contributed by atoms with E-state index in [1.165, 1.54) is 5.56 Å². The lowest BCUT2D eigenvalue weighted by molar-refractivity contribution is 0.344. The molecule has 0 fully saturated rings. The highest BCUT2D eigenvalue weighted by Gasteiger charge is 1.97. The maximum Gasteiger partial charge on any atom is 0.121 e. The van der Waals surface area contributed by atoms with E-state index >= 15 is 0 Å². The van der Waals surface area contributed by atoms with Crippen LogP contribution in [0.3, 0.4) is 0 Å². The molecule has 0 bridgehead atoms. The monoisotopic (exact) mass is 279 g/mol. The first-order valence-electron chi connectivity index (χ1n) is 5.88. The SMILES string of the molecule is CNc1cccc(OCCSCc2ccsc2)c1. The van der Waals surface area contributed by atoms with Crippen molar-refractivity contribution in [2.45, 2.75) is 5.75 Å². The lowest BCUT2D eigenvalue weighted by atomic mass is 10.3. The summed E-state index contributed by atoms with van der Waals surface area (Å²) in [6.45, 7) is 0.752. The summed E-state index contributed by atoms with van der Waals surface area (Å²) < 4.78 is 5.71. The van der Waals surface area contributed by atoms with Crippen molar-refractivity contribution in [3.8, 4) is 5.75 Å². The molecule has 0 aliphatic heterocycles. The van der Waals surface area contributed by atoms with Gasteiger partial charge in [-0.05, 0) is 34.5 Å². The van der Waals surface area contributed by atoms with Gasteiger partial charge in [-0.2, -0.15) is 23.1 Å². The van der Waals surface area contributed by atoms with Crippen LogP contribution in [0.4, 0.5) is 5.69 Å². The van der Waals surface area contributed by atoms with Gasteiger partial charge in [-0.25, -0.2) is 0 Å². The maximum atomic E-state index is 5.71. The van der Waals surface area contributed by atoms with Gasteiger partial charge >= 0.3 is 0 Å². The first kappa shape index (κ1) is 13.3. The fourth-order valence-electron chi connectivity index (χ4n) is 1.52. The molecule has 2 nitrogen and oxygen atoms in total. The lowest BCUT2D eigenvalue weighted by Gasteiger charge is -2.07. The third kappa shape index (κ3) is 4.27. The van der Waals surface area contributed by atoms with Crippen LogP contribution < -0.4 is 10.1 Å². The highest BCUT2D eigenvalue weighted by Crippen LogP contribution is 2.18. The van der Waals surface area contributed by atoms with E-state index in [1.54, 1.807) is 11.3 Å². The van der Waals surface area contributed by atoms with E-state index in [4.69, 9.17) is 4.74 Å². The van der Waals surface area contributed by atoms with Gasteiger partial charge in [-0.15, -0.1) is 0 Å². The summed E-state index contributed by atoms with van der Waals surface area (Å²) in [4.78, 5) is 0. The van der Waals surface area contributed by atoms with Crippen molar-refractivity contribution < 1.29 is 4.74 Å². The number of anilines is 1. The van der Waals surface area contributed by atoms with Gasteiger partial charge in [0.05, 0.1) is 6.61 Å². The van der Waals surface area contributed by atoms with Crippen LogP contribution in [-0.4, -0.2) is 19.4 Å². The molecule has 18 heavy (non-hydrogen) atoms. The predicted octanol–water partition coefficient (Wildman–Crippen LogP) is 4.10. The minimum absolute atomic E-state index is 0.752. The summed E-state index contributed by atoms with van der Waals surface area (Å²) in [5.41, 5.74) is 2.49. The molecular weight excluding hydrogens is 262 g/mol. The number of thiophene rings is 1. The van der Waals surface area contributed by atoms with Crippen molar-refractivity contribution in [2.24, 2.45) is 0 Å². The summed E-state index contributed by atoms with van der Waals surface area (Å²) in [6.07, 6.45) is 0. The zero-order valence-electron chi connectivity index (χ0n) is 10.4. The number of hydrogen-bond acceptors (Lipinski definition) is 4. The molecule has 0 spiro atoms.